The van der Waals surface area contributed by atoms with Gasteiger partial charge in [0.15, 0.2) is 17.5 Å². The number of hydrogen-bond acceptors (Lipinski definition) is 4. The van der Waals surface area contributed by atoms with Crippen molar-refractivity contribution < 1.29 is 4.74 Å². The van der Waals surface area contributed by atoms with Crippen molar-refractivity contribution in [2.75, 3.05) is 0 Å². The largest absolute Gasteiger partial charge is 0.457 e. The SMILES string of the molecule is c1ccc(-c2nc(-c3ccccc3)nc(-c3cccc(-c4cccc(-c5ccc6c(c5)Oc5ccccc5C6(c5ccccc5)c5ccccc5)c4)c3)n2)cc1. The fourth-order valence-corrected chi connectivity index (χ4v) is 8.04. The Balaban J connectivity index is 1.06. The van der Waals surface area contributed by atoms with Crippen molar-refractivity contribution in [2.45, 2.75) is 5.41 Å². The summed E-state index contributed by atoms with van der Waals surface area (Å²) in [7, 11) is 0. The summed E-state index contributed by atoms with van der Waals surface area (Å²) in [4.78, 5) is 14.8. The molecule has 4 heteroatoms. The molecular formula is C52H35N3O. The first-order valence-electron chi connectivity index (χ1n) is 18.9. The highest BCUT2D eigenvalue weighted by Gasteiger charge is 2.45. The Morgan fingerprint density at radius 1 is 0.286 bits per heavy atom. The molecule has 0 spiro atoms. The smallest absolute Gasteiger partial charge is 0.164 e. The van der Waals surface area contributed by atoms with E-state index < -0.39 is 5.41 Å². The fourth-order valence-electron chi connectivity index (χ4n) is 8.04. The molecule has 0 N–H and O–H groups in total. The van der Waals surface area contributed by atoms with Crippen LogP contribution in [0.2, 0.25) is 0 Å². The van der Waals surface area contributed by atoms with Crippen molar-refractivity contribution >= 4 is 0 Å². The third-order valence-corrected chi connectivity index (χ3v) is 10.7. The first-order chi connectivity index (χ1) is 27.7. The van der Waals surface area contributed by atoms with Gasteiger partial charge in [0.05, 0.1) is 5.41 Å². The normalized spacial score (nSPS) is 12.6. The molecule has 0 fully saturated rings. The van der Waals surface area contributed by atoms with E-state index in [9.17, 15) is 0 Å². The number of fused-ring (bicyclic) bond motifs is 2. The Morgan fingerprint density at radius 2 is 0.679 bits per heavy atom. The first kappa shape index (κ1) is 33.2. The van der Waals surface area contributed by atoms with E-state index in [1.807, 2.05) is 66.7 Å². The van der Waals surface area contributed by atoms with Gasteiger partial charge in [0.1, 0.15) is 11.5 Å². The van der Waals surface area contributed by atoms with E-state index in [0.717, 1.165) is 61.6 Å². The second-order valence-corrected chi connectivity index (χ2v) is 14.0. The maximum atomic E-state index is 6.78. The maximum absolute atomic E-state index is 6.78. The monoisotopic (exact) mass is 717 g/mol. The van der Waals surface area contributed by atoms with Gasteiger partial charge in [-0.25, -0.2) is 15.0 Å². The third-order valence-electron chi connectivity index (χ3n) is 10.7. The lowest BCUT2D eigenvalue weighted by molar-refractivity contribution is 0.435. The van der Waals surface area contributed by atoms with Crippen LogP contribution in [0.5, 0.6) is 11.5 Å². The van der Waals surface area contributed by atoms with E-state index in [-0.39, 0.29) is 0 Å². The van der Waals surface area contributed by atoms with Gasteiger partial charge in [-0.05, 0) is 57.6 Å². The van der Waals surface area contributed by atoms with Crippen molar-refractivity contribution in [2.24, 2.45) is 0 Å². The van der Waals surface area contributed by atoms with Crippen LogP contribution < -0.4 is 4.74 Å². The van der Waals surface area contributed by atoms with Gasteiger partial charge in [0.25, 0.3) is 0 Å². The van der Waals surface area contributed by atoms with E-state index in [4.69, 9.17) is 19.7 Å². The van der Waals surface area contributed by atoms with Gasteiger partial charge in [0, 0.05) is 27.8 Å². The Bertz CT molecular complexity index is 2720. The van der Waals surface area contributed by atoms with Crippen LogP contribution in [0.25, 0.3) is 56.4 Å². The molecular weight excluding hydrogens is 683 g/mol. The third kappa shape index (κ3) is 5.85. The van der Waals surface area contributed by atoms with Crippen molar-refractivity contribution in [1.82, 2.24) is 15.0 Å². The van der Waals surface area contributed by atoms with E-state index in [1.54, 1.807) is 0 Å². The molecule has 0 unspecified atom stereocenters. The minimum Gasteiger partial charge on any atom is -0.457 e. The highest BCUT2D eigenvalue weighted by Crippen LogP contribution is 2.55. The molecule has 0 aliphatic carbocycles. The van der Waals surface area contributed by atoms with Gasteiger partial charge >= 0.3 is 0 Å². The summed E-state index contributed by atoms with van der Waals surface area (Å²) in [5, 5.41) is 0. The zero-order valence-corrected chi connectivity index (χ0v) is 30.5. The Labute approximate surface area is 326 Å². The summed E-state index contributed by atoms with van der Waals surface area (Å²) < 4.78 is 6.78. The average Bonchev–Trinajstić information content (AvgIpc) is 3.29. The second-order valence-electron chi connectivity index (χ2n) is 14.0. The molecule has 10 rings (SSSR count). The van der Waals surface area contributed by atoms with E-state index >= 15 is 0 Å². The average molecular weight is 718 g/mol. The maximum Gasteiger partial charge on any atom is 0.164 e. The number of ether oxygens (including phenoxy) is 1. The van der Waals surface area contributed by atoms with Gasteiger partial charge in [-0.2, -0.15) is 0 Å². The zero-order chi connectivity index (χ0) is 37.3. The Morgan fingerprint density at radius 3 is 1.23 bits per heavy atom. The van der Waals surface area contributed by atoms with Crippen LogP contribution in [-0.2, 0) is 5.41 Å². The zero-order valence-electron chi connectivity index (χ0n) is 30.5. The summed E-state index contributed by atoms with van der Waals surface area (Å²) >= 11 is 0. The molecule has 0 amide bonds. The quantitative estimate of drug-likeness (QED) is 0.165. The van der Waals surface area contributed by atoms with Crippen molar-refractivity contribution in [3.63, 3.8) is 0 Å². The minimum atomic E-state index is -0.552. The molecule has 1 aliphatic rings. The summed E-state index contributed by atoms with van der Waals surface area (Å²) in [6.07, 6.45) is 0. The molecule has 8 aromatic carbocycles. The molecule has 4 nitrogen and oxygen atoms in total. The fraction of sp³-hybridized carbons (Fsp3) is 0.0192. The molecule has 0 bridgehead atoms. The summed E-state index contributed by atoms with van der Waals surface area (Å²) in [6.45, 7) is 0. The van der Waals surface area contributed by atoms with Crippen molar-refractivity contribution in [1.29, 1.82) is 0 Å². The van der Waals surface area contributed by atoms with E-state index in [2.05, 4.69) is 146 Å². The number of hydrogen-bond donors (Lipinski definition) is 0. The molecule has 1 aliphatic heterocycles. The van der Waals surface area contributed by atoms with Crippen LogP contribution in [0, 0.1) is 0 Å². The molecule has 9 aromatic rings. The molecule has 0 atom stereocenters. The Hall–Kier alpha value is -7.43. The summed E-state index contributed by atoms with van der Waals surface area (Å²) in [6, 6.07) is 74.0. The predicted octanol–water partition coefficient (Wildman–Crippen LogP) is 12.7. The van der Waals surface area contributed by atoms with Crippen LogP contribution in [-0.4, -0.2) is 15.0 Å². The molecule has 0 saturated carbocycles. The van der Waals surface area contributed by atoms with Gasteiger partial charge in [0.2, 0.25) is 0 Å². The second kappa shape index (κ2) is 14.1. The molecule has 2 heterocycles. The standard InChI is InChI=1S/C52H35N3O/c1-5-17-36(18-6-1)49-53-50(37-19-7-2-8-20-37)55-51(54-49)42-24-16-23-40(34-42)38-21-15-22-39(33-38)41-31-32-46-48(35-41)56-47-30-14-13-29-45(47)52(46,43-25-9-3-10-26-43)44-27-11-4-12-28-44/h1-35H. The molecule has 0 radical (unpaired) electrons. The minimum absolute atomic E-state index is 0.552. The first-order valence-corrected chi connectivity index (χ1v) is 18.9. The van der Waals surface area contributed by atoms with Crippen LogP contribution in [0.1, 0.15) is 22.3 Å². The molecule has 264 valence electrons. The highest BCUT2D eigenvalue weighted by molar-refractivity contribution is 5.79. The van der Waals surface area contributed by atoms with Gasteiger partial charge < -0.3 is 4.74 Å². The number of rotatable bonds is 7. The number of benzene rings is 8. The molecule has 56 heavy (non-hydrogen) atoms. The van der Waals surface area contributed by atoms with Crippen LogP contribution >= 0.6 is 0 Å². The highest BCUT2D eigenvalue weighted by atomic mass is 16.5. The van der Waals surface area contributed by atoms with Gasteiger partial charge in [-0.1, -0.05) is 188 Å². The van der Waals surface area contributed by atoms with Crippen molar-refractivity contribution in [3.05, 3.63) is 235 Å². The Kier molecular flexibility index (Phi) is 8.34. The molecule has 1 aromatic heterocycles. The lowest BCUT2D eigenvalue weighted by atomic mass is 9.63. The van der Waals surface area contributed by atoms with Gasteiger partial charge in [-0.15, -0.1) is 0 Å². The van der Waals surface area contributed by atoms with E-state index in [1.165, 1.54) is 11.1 Å². The van der Waals surface area contributed by atoms with Crippen LogP contribution in [0.3, 0.4) is 0 Å². The molecule has 0 saturated heterocycles. The summed E-state index contributed by atoms with van der Waals surface area (Å²) in [5.74, 6) is 3.62. The lowest BCUT2D eigenvalue weighted by Gasteiger charge is -2.41. The number of para-hydroxylation sites is 1. The van der Waals surface area contributed by atoms with Crippen molar-refractivity contribution in [3.8, 4) is 67.9 Å². The van der Waals surface area contributed by atoms with Gasteiger partial charge in [-0.3, -0.25) is 0 Å². The predicted molar refractivity (Wildman–Crippen MR) is 225 cm³/mol. The van der Waals surface area contributed by atoms with E-state index in [0.29, 0.717) is 17.5 Å². The number of nitrogens with zero attached hydrogens (tertiary/aromatic N) is 3. The number of aromatic nitrogens is 3. The summed E-state index contributed by atoms with van der Waals surface area (Å²) in [5.41, 5.74) is 11.2. The van der Waals surface area contributed by atoms with Crippen LogP contribution in [0.4, 0.5) is 0 Å². The topological polar surface area (TPSA) is 47.9 Å². The van der Waals surface area contributed by atoms with Crippen LogP contribution in [0.15, 0.2) is 212 Å². The lowest BCUT2D eigenvalue weighted by Crippen LogP contribution is -2.34.